The van der Waals surface area contributed by atoms with E-state index in [2.05, 4.69) is 4.98 Å². The average molecular weight is 339 g/mol. The first-order valence-corrected chi connectivity index (χ1v) is 7.37. The molecule has 0 aliphatic carbocycles. The number of carbonyl (C=O) groups is 1. The van der Waals surface area contributed by atoms with Gasteiger partial charge in [0.25, 0.3) is 0 Å². The third kappa shape index (κ3) is 2.44. The van der Waals surface area contributed by atoms with Gasteiger partial charge in [0.15, 0.2) is 6.29 Å². The monoisotopic (exact) mass is 337 g/mol. The third-order valence-corrected chi connectivity index (χ3v) is 4.39. The summed E-state index contributed by atoms with van der Waals surface area (Å²) < 4.78 is 0. The fraction of sp³-hybridized carbons (Fsp3) is 0.0625. The van der Waals surface area contributed by atoms with Crippen LogP contribution >= 0.6 is 34.8 Å². The minimum absolute atomic E-state index is 0.444. The van der Waals surface area contributed by atoms with Gasteiger partial charge in [0.05, 0.1) is 15.7 Å². The molecule has 1 aromatic heterocycles. The van der Waals surface area contributed by atoms with Gasteiger partial charge in [0.1, 0.15) is 0 Å². The summed E-state index contributed by atoms with van der Waals surface area (Å²) in [6.07, 6.45) is 0.826. The van der Waals surface area contributed by atoms with Gasteiger partial charge in [0.2, 0.25) is 0 Å². The summed E-state index contributed by atoms with van der Waals surface area (Å²) in [6, 6.07) is 8.90. The van der Waals surface area contributed by atoms with Crippen molar-refractivity contribution in [3.8, 4) is 11.3 Å². The number of rotatable bonds is 2. The number of aryl methyl sites for hydroxylation is 1. The quantitative estimate of drug-likeness (QED) is 0.578. The van der Waals surface area contributed by atoms with E-state index in [1.807, 2.05) is 19.1 Å². The molecule has 0 bridgehead atoms. The molecule has 5 heteroatoms. The fourth-order valence-electron chi connectivity index (χ4n) is 2.45. The van der Waals surface area contributed by atoms with E-state index in [4.69, 9.17) is 34.8 Å². The third-order valence-electron chi connectivity index (χ3n) is 3.44. The summed E-state index contributed by atoms with van der Waals surface area (Å²) in [4.78, 5) is 14.8. The molecule has 0 saturated carbocycles. The largest absolute Gasteiger partial charge is 0.354 e. The minimum Gasteiger partial charge on any atom is -0.354 e. The molecule has 0 fully saturated rings. The number of aromatic amines is 1. The topological polar surface area (TPSA) is 32.9 Å². The first kappa shape index (κ1) is 14.5. The van der Waals surface area contributed by atoms with Gasteiger partial charge in [-0.1, -0.05) is 40.9 Å². The molecule has 0 aliphatic heterocycles. The lowest BCUT2D eigenvalue weighted by atomic mass is 10.1. The number of hydrogen-bond donors (Lipinski definition) is 1. The first-order valence-electron chi connectivity index (χ1n) is 6.23. The van der Waals surface area contributed by atoms with Crippen molar-refractivity contribution in [1.29, 1.82) is 0 Å². The van der Waals surface area contributed by atoms with Crippen molar-refractivity contribution in [3.63, 3.8) is 0 Å². The van der Waals surface area contributed by atoms with Gasteiger partial charge in [-0.2, -0.15) is 0 Å². The second-order valence-electron chi connectivity index (χ2n) is 4.81. The Hall–Kier alpha value is -1.48. The Morgan fingerprint density at radius 2 is 1.81 bits per heavy atom. The molecular formula is C16H10Cl3NO. The lowest BCUT2D eigenvalue weighted by Gasteiger charge is -2.02. The van der Waals surface area contributed by atoms with Crippen LogP contribution in [0.15, 0.2) is 30.3 Å². The molecule has 0 spiro atoms. The van der Waals surface area contributed by atoms with Crippen molar-refractivity contribution in [1.82, 2.24) is 4.98 Å². The summed E-state index contributed by atoms with van der Waals surface area (Å²) in [5.41, 5.74) is 3.95. The van der Waals surface area contributed by atoms with Crippen molar-refractivity contribution in [2.75, 3.05) is 0 Å². The molecule has 21 heavy (non-hydrogen) atoms. The number of fused-ring (bicyclic) bond motifs is 1. The Kier molecular flexibility index (Phi) is 3.70. The van der Waals surface area contributed by atoms with E-state index in [1.54, 1.807) is 18.2 Å². The zero-order chi connectivity index (χ0) is 15.1. The van der Waals surface area contributed by atoms with Crippen LogP contribution in [0.4, 0.5) is 0 Å². The summed E-state index contributed by atoms with van der Waals surface area (Å²) in [6.45, 7) is 1.94. The summed E-state index contributed by atoms with van der Waals surface area (Å²) in [5, 5.41) is 2.32. The Labute approximate surface area is 136 Å². The zero-order valence-corrected chi connectivity index (χ0v) is 13.3. The van der Waals surface area contributed by atoms with Crippen LogP contribution in [0.2, 0.25) is 15.1 Å². The van der Waals surface area contributed by atoms with Crippen LogP contribution in [-0.2, 0) is 0 Å². The fourth-order valence-corrected chi connectivity index (χ4v) is 3.02. The number of aldehydes is 1. The first-order chi connectivity index (χ1) is 10.0. The highest BCUT2D eigenvalue weighted by molar-refractivity contribution is 6.42. The molecule has 2 aromatic carbocycles. The van der Waals surface area contributed by atoms with Gasteiger partial charge in [0, 0.05) is 27.1 Å². The maximum atomic E-state index is 11.5. The molecule has 0 aliphatic rings. The summed E-state index contributed by atoms with van der Waals surface area (Å²) in [7, 11) is 0. The van der Waals surface area contributed by atoms with E-state index in [1.165, 1.54) is 0 Å². The van der Waals surface area contributed by atoms with E-state index in [9.17, 15) is 4.79 Å². The van der Waals surface area contributed by atoms with Crippen molar-refractivity contribution in [3.05, 3.63) is 56.5 Å². The number of halogens is 3. The van der Waals surface area contributed by atoms with Crippen LogP contribution in [0.1, 0.15) is 15.9 Å². The van der Waals surface area contributed by atoms with Crippen LogP contribution in [0.5, 0.6) is 0 Å². The molecule has 0 radical (unpaired) electrons. The Morgan fingerprint density at radius 3 is 2.48 bits per heavy atom. The number of aromatic nitrogens is 1. The molecule has 0 amide bonds. The highest BCUT2D eigenvalue weighted by Crippen LogP contribution is 2.35. The molecule has 3 aromatic rings. The maximum Gasteiger partial charge on any atom is 0.152 e. The van der Waals surface area contributed by atoms with Crippen molar-refractivity contribution < 1.29 is 4.79 Å². The van der Waals surface area contributed by atoms with Crippen molar-refractivity contribution in [2.24, 2.45) is 0 Å². The average Bonchev–Trinajstić information content (AvgIpc) is 2.80. The number of hydrogen-bond acceptors (Lipinski definition) is 1. The minimum atomic E-state index is 0.444. The van der Waals surface area contributed by atoms with Crippen LogP contribution in [0.25, 0.3) is 22.2 Å². The van der Waals surface area contributed by atoms with E-state index in [-0.39, 0.29) is 0 Å². The molecular weight excluding hydrogens is 329 g/mol. The van der Waals surface area contributed by atoms with Gasteiger partial charge in [-0.25, -0.2) is 0 Å². The molecule has 3 rings (SSSR count). The molecule has 0 unspecified atom stereocenters. The summed E-state index contributed by atoms with van der Waals surface area (Å²) in [5.74, 6) is 0. The SMILES string of the molecule is Cc1cc(Cl)cc2c(C=O)c(-c3ccc(Cl)c(Cl)c3)[nH]c12. The Morgan fingerprint density at radius 1 is 1.05 bits per heavy atom. The molecule has 106 valence electrons. The molecule has 0 saturated heterocycles. The van der Waals surface area contributed by atoms with E-state index < -0.39 is 0 Å². The number of carbonyl (C=O) groups excluding carboxylic acids is 1. The lowest BCUT2D eigenvalue weighted by molar-refractivity contribution is 0.112. The van der Waals surface area contributed by atoms with E-state index in [0.29, 0.717) is 26.3 Å². The zero-order valence-electron chi connectivity index (χ0n) is 11.0. The van der Waals surface area contributed by atoms with Crippen molar-refractivity contribution in [2.45, 2.75) is 6.92 Å². The number of benzene rings is 2. The Bertz CT molecular complexity index is 868. The standard InChI is InChI=1S/C16H10Cl3NO/c1-8-4-10(17)6-11-12(7-21)16(20-15(8)11)9-2-3-13(18)14(19)5-9/h2-7,20H,1H3. The van der Waals surface area contributed by atoms with Crippen LogP contribution in [0, 0.1) is 6.92 Å². The predicted octanol–water partition coefficient (Wildman–Crippen LogP) is 5.92. The van der Waals surface area contributed by atoms with Crippen LogP contribution in [0.3, 0.4) is 0 Å². The van der Waals surface area contributed by atoms with E-state index in [0.717, 1.165) is 28.3 Å². The van der Waals surface area contributed by atoms with Crippen molar-refractivity contribution >= 4 is 52.0 Å². The maximum absolute atomic E-state index is 11.5. The van der Waals surface area contributed by atoms with Crippen LogP contribution in [-0.4, -0.2) is 11.3 Å². The lowest BCUT2D eigenvalue weighted by Crippen LogP contribution is -1.85. The Balaban J connectivity index is 2.34. The summed E-state index contributed by atoms with van der Waals surface area (Å²) >= 11 is 18.1. The predicted molar refractivity (Wildman–Crippen MR) is 88.9 cm³/mol. The number of nitrogens with one attached hydrogen (secondary N) is 1. The van der Waals surface area contributed by atoms with Gasteiger partial charge in [-0.15, -0.1) is 0 Å². The highest BCUT2D eigenvalue weighted by atomic mass is 35.5. The normalized spacial score (nSPS) is 11.0. The van der Waals surface area contributed by atoms with Gasteiger partial charge < -0.3 is 4.98 Å². The van der Waals surface area contributed by atoms with E-state index >= 15 is 0 Å². The smallest absolute Gasteiger partial charge is 0.152 e. The molecule has 2 nitrogen and oxygen atoms in total. The molecule has 0 atom stereocenters. The molecule has 1 N–H and O–H groups in total. The molecule has 1 heterocycles. The van der Waals surface area contributed by atoms with Crippen LogP contribution < -0.4 is 0 Å². The highest BCUT2D eigenvalue weighted by Gasteiger charge is 2.15. The van der Waals surface area contributed by atoms with Gasteiger partial charge in [-0.05, 0) is 36.8 Å². The second kappa shape index (κ2) is 5.38. The second-order valence-corrected chi connectivity index (χ2v) is 6.06. The number of H-pyrrole nitrogens is 1. The van der Waals surface area contributed by atoms with Gasteiger partial charge in [-0.3, -0.25) is 4.79 Å². The van der Waals surface area contributed by atoms with Gasteiger partial charge >= 0.3 is 0 Å².